The number of rotatable bonds is 2. The minimum absolute atomic E-state index is 0.805. The third kappa shape index (κ3) is 2.73. The van der Waals surface area contributed by atoms with E-state index < -0.39 is 0 Å². The number of aromatic nitrogens is 2. The smallest absolute Gasteiger partial charge is 0.133 e. The van der Waals surface area contributed by atoms with Crippen LogP contribution in [0.25, 0.3) is 0 Å². The number of anilines is 1. The zero-order valence-corrected chi connectivity index (χ0v) is 11.4. The average molecular weight is 284 g/mol. The molecule has 0 bridgehead atoms. The minimum Gasteiger partial charge on any atom is -0.356 e. The van der Waals surface area contributed by atoms with Gasteiger partial charge >= 0.3 is 0 Å². The maximum Gasteiger partial charge on any atom is 0.133 e. The monoisotopic (exact) mass is 283 g/mol. The Hall–Kier alpha value is -0.640. The van der Waals surface area contributed by atoms with Crippen LogP contribution in [0, 0.1) is 11.8 Å². The molecule has 2 rings (SSSR count). The van der Waals surface area contributed by atoms with E-state index in [1.165, 1.54) is 12.8 Å². The fraction of sp³-hybridized carbons (Fsp3) is 0.667. The molecule has 0 aromatic carbocycles. The fourth-order valence-corrected chi connectivity index (χ4v) is 2.59. The molecule has 4 heteroatoms. The van der Waals surface area contributed by atoms with E-state index in [1.54, 1.807) is 6.33 Å². The van der Waals surface area contributed by atoms with Crippen molar-refractivity contribution in [2.75, 3.05) is 18.0 Å². The Kier molecular flexibility index (Phi) is 3.79. The van der Waals surface area contributed by atoms with E-state index in [-0.39, 0.29) is 0 Å². The summed E-state index contributed by atoms with van der Waals surface area (Å²) in [6.07, 6.45) is 4.17. The molecule has 0 atom stereocenters. The van der Waals surface area contributed by atoms with Gasteiger partial charge in [-0.25, -0.2) is 9.97 Å². The Balaban J connectivity index is 1.99. The van der Waals surface area contributed by atoms with Gasteiger partial charge in [0, 0.05) is 19.2 Å². The molecule has 88 valence electrons. The van der Waals surface area contributed by atoms with Gasteiger partial charge in [-0.15, -0.1) is 0 Å². The molecule has 0 unspecified atom stereocenters. The second-order valence-corrected chi connectivity index (χ2v) is 5.58. The van der Waals surface area contributed by atoms with E-state index in [0.29, 0.717) is 0 Å². The molecule has 0 radical (unpaired) electrons. The van der Waals surface area contributed by atoms with Gasteiger partial charge in [-0.3, -0.25) is 0 Å². The van der Waals surface area contributed by atoms with Crippen LogP contribution < -0.4 is 4.90 Å². The van der Waals surface area contributed by atoms with Gasteiger partial charge in [0.2, 0.25) is 0 Å². The Morgan fingerprint density at radius 1 is 1.31 bits per heavy atom. The van der Waals surface area contributed by atoms with Crippen molar-refractivity contribution in [3.63, 3.8) is 0 Å². The highest BCUT2D eigenvalue weighted by atomic mass is 79.9. The first-order valence-electron chi connectivity index (χ1n) is 5.89. The quantitative estimate of drug-likeness (QED) is 0.781. The summed E-state index contributed by atoms with van der Waals surface area (Å²) < 4.78 is 0.864. The van der Waals surface area contributed by atoms with Crippen LogP contribution in [0.5, 0.6) is 0 Å². The molecule has 1 fully saturated rings. The molecule has 16 heavy (non-hydrogen) atoms. The first-order chi connectivity index (χ1) is 7.66. The fourth-order valence-electron chi connectivity index (χ4n) is 2.29. The van der Waals surface area contributed by atoms with Gasteiger partial charge in [-0.1, -0.05) is 13.8 Å². The lowest BCUT2D eigenvalue weighted by molar-refractivity contribution is 0.310. The van der Waals surface area contributed by atoms with Gasteiger partial charge in [-0.05, 0) is 40.6 Å². The van der Waals surface area contributed by atoms with E-state index in [0.717, 1.165) is 35.3 Å². The van der Waals surface area contributed by atoms with Gasteiger partial charge in [0.1, 0.15) is 16.7 Å². The lowest BCUT2D eigenvalue weighted by atomic mass is 9.87. The van der Waals surface area contributed by atoms with E-state index in [9.17, 15) is 0 Å². The van der Waals surface area contributed by atoms with E-state index >= 15 is 0 Å². The Labute approximate surface area is 105 Å². The molecule has 1 aromatic rings. The van der Waals surface area contributed by atoms with Crippen molar-refractivity contribution in [2.45, 2.75) is 26.7 Å². The highest BCUT2D eigenvalue weighted by molar-refractivity contribution is 9.10. The van der Waals surface area contributed by atoms with Crippen molar-refractivity contribution in [3.05, 3.63) is 17.0 Å². The number of nitrogens with zero attached hydrogens (tertiary/aromatic N) is 3. The van der Waals surface area contributed by atoms with E-state index in [2.05, 4.69) is 44.6 Å². The summed E-state index contributed by atoms with van der Waals surface area (Å²) in [5, 5.41) is 0. The maximum atomic E-state index is 4.32. The molecule has 0 spiro atoms. The molecule has 0 aliphatic carbocycles. The number of halogens is 1. The standard InChI is InChI=1S/C12H18BrN3/c1-9(2)10-3-5-16(6-4-10)12-7-11(13)14-8-15-12/h7-10H,3-6H2,1-2H3. The normalized spacial score (nSPS) is 18.1. The van der Waals surface area contributed by atoms with Crippen LogP contribution in [-0.2, 0) is 0 Å². The number of hydrogen-bond donors (Lipinski definition) is 0. The zero-order valence-electron chi connectivity index (χ0n) is 9.86. The molecule has 1 aliphatic rings. The molecule has 3 nitrogen and oxygen atoms in total. The largest absolute Gasteiger partial charge is 0.356 e. The predicted molar refractivity (Wildman–Crippen MR) is 69.5 cm³/mol. The summed E-state index contributed by atoms with van der Waals surface area (Å²) in [5.74, 6) is 2.73. The average Bonchev–Trinajstić information content (AvgIpc) is 2.29. The van der Waals surface area contributed by atoms with Gasteiger partial charge in [-0.2, -0.15) is 0 Å². The van der Waals surface area contributed by atoms with E-state index in [4.69, 9.17) is 0 Å². The zero-order chi connectivity index (χ0) is 11.5. The molecular weight excluding hydrogens is 266 g/mol. The topological polar surface area (TPSA) is 29.0 Å². The first-order valence-corrected chi connectivity index (χ1v) is 6.68. The first kappa shape index (κ1) is 11.8. The third-order valence-electron chi connectivity index (χ3n) is 3.43. The van der Waals surface area contributed by atoms with Crippen molar-refractivity contribution in [1.29, 1.82) is 0 Å². The predicted octanol–water partition coefficient (Wildman–Crippen LogP) is 3.11. The summed E-state index contributed by atoms with van der Waals surface area (Å²) in [6, 6.07) is 2.00. The van der Waals surface area contributed by atoms with Crippen LogP contribution in [0.2, 0.25) is 0 Å². The summed E-state index contributed by atoms with van der Waals surface area (Å²) in [4.78, 5) is 10.7. The lowest BCUT2D eigenvalue weighted by Crippen LogP contribution is -2.35. The minimum atomic E-state index is 0.805. The summed E-state index contributed by atoms with van der Waals surface area (Å²) in [5.41, 5.74) is 0. The molecule has 0 amide bonds. The van der Waals surface area contributed by atoms with Crippen molar-refractivity contribution in [1.82, 2.24) is 9.97 Å². The van der Waals surface area contributed by atoms with Gasteiger partial charge in [0.25, 0.3) is 0 Å². The lowest BCUT2D eigenvalue weighted by Gasteiger charge is -2.34. The van der Waals surface area contributed by atoms with Crippen LogP contribution in [0.4, 0.5) is 5.82 Å². The SMILES string of the molecule is CC(C)C1CCN(c2cc(Br)ncn2)CC1. The second-order valence-electron chi connectivity index (χ2n) is 4.77. The molecule has 1 aromatic heterocycles. The molecule has 1 saturated heterocycles. The summed E-state index contributed by atoms with van der Waals surface area (Å²) in [6.45, 7) is 6.88. The van der Waals surface area contributed by atoms with Crippen LogP contribution in [-0.4, -0.2) is 23.1 Å². The van der Waals surface area contributed by atoms with E-state index in [1.807, 2.05) is 6.07 Å². The van der Waals surface area contributed by atoms with Crippen molar-refractivity contribution < 1.29 is 0 Å². The summed E-state index contributed by atoms with van der Waals surface area (Å²) in [7, 11) is 0. The molecule has 0 saturated carbocycles. The highest BCUT2D eigenvalue weighted by Gasteiger charge is 2.22. The third-order valence-corrected chi connectivity index (χ3v) is 3.86. The summed E-state index contributed by atoms with van der Waals surface area (Å²) >= 11 is 3.39. The Morgan fingerprint density at radius 2 is 2.00 bits per heavy atom. The Morgan fingerprint density at radius 3 is 2.56 bits per heavy atom. The van der Waals surface area contributed by atoms with Crippen molar-refractivity contribution in [3.8, 4) is 0 Å². The van der Waals surface area contributed by atoms with Crippen LogP contribution in [0.1, 0.15) is 26.7 Å². The number of hydrogen-bond acceptors (Lipinski definition) is 3. The van der Waals surface area contributed by atoms with Crippen LogP contribution in [0.3, 0.4) is 0 Å². The number of piperidine rings is 1. The van der Waals surface area contributed by atoms with Crippen LogP contribution in [0.15, 0.2) is 17.0 Å². The molecule has 1 aliphatic heterocycles. The molecular formula is C12H18BrN3. The Bertz CT molecular complexity index is 346. The van der Waals surface area contributed by atoms with Crippen molar-refractivity contribution in [2.24, 2.45) is 11.8 Å². The van der Waals surface area contributed by atoms with Crippen molar-refractivity contribution >= 4 is 21.7 Å². The van der Waals surface area contributed by atoms with Gasteiger partial charge < -0.3 is 4.90 Å². The van der Waals surface area contributed by atoms with Crippen LogP contribution >= 0.6 is 15.9 Å². The second kappa shape index (κ2) is 5.13. The molecule has 2 heterocycles. The van der Waals surface area contributed by atoms with Gasteiger partial charge in [0.15, 0.2) is 0 Å². The van der Waals surface area contributed by atoms with Gasteiger partial charge in [0.05, 0.1) is 0 Å². The molecule has 0 N–H and O–H groups in total. The highest BCUT2D eigenvalue weighted by Crippen LogP contribution is 2.27. The maximum absolute atomic E-state index is 4.32.